The first kappa shape index (κ1) is 12.0. The number of hydrogen-bond acceptors (Lipinski definition) is 5. The van der Waals surface area contributed by atoms with Crippen LogP contribution in [0.1, 0.15) is 12.8 Å². The molecular weight excluding hydrogens is 238 g/mol. The summed E-state index contributed by atoms with van der Waals surface area (Å²) in [4.78, 5) is 10.1. The molecule has 0 amide bonds. The maximum atomic E-state index is 10.6. The highest BCUT2D eigenvalue weighted by Crippen LogP contribution is 2.28. The van der Waals surface area contributed by atoms with Crippen molar-refractivity contribution in [2.24, 2.45) is 0 Å². The van der Waals surface area contributed by atoms with Gasteiger partial charge in [-0.1, -0.05) is 0 Å². The number of nitrogens with zero attached hydrogens (tertiary/aromatic N) is 1. The minimum absolute atomic E-state index is 0.0363. The molecule has 1 unspecified atom stereocenters. The summed E-state index contributed by atoms with van der Waals surface area (Å²) in [5, 5.41) is 14.5. The van der Waals surface area contributed by atoms with E-state index in [9.17, 15) is 10.1 Å². The Morgan fingerprint density at radius 3 is 3.00 bits per heavy atom. The molecule has 0 aromatic heterocycles. The maximum absolute atomic E-state index is 10.6. The molecule has 6 heteroatoms. The molecule has 2 rings (SSSR count). The van der Waals surface area contributed by atoms with Gasteiger partial charge in [-0.2, -0.15) is 11.8 Å². The summed E-state index contributed by atoms with van der Waals surface area (Å²) >= 11 is 1.97. The predicted octanol–water partition coefficient (Wildman–Crippen LogP) is 2.48. The molecule has 1 aromatic carbocycles. The molecule has 1 saturated heterocycles. The third kappa shape index (κ3) is 3.03. The first-order valence-electron chi connectivity index (χ1n) is 5.56. The van der Waals surface area contributed by atoms with Crippen LogP contribution in [0.3, 0.4) is 0 Å². The van der Waals surface area contributed by atoms with Gasteiger partial charge >= 0.3 is 0 Å². The van der Waals surface area contributed by atoms with E-state index in [1.807, 2.05) is 11.8 Å². The Morgan fingerprint density at radius 2 is 2.41 bits per heavy atom. The number of nitrogens with one attached hydrogen (secondary N) is 1. The summed E-state index contributed by atoms with van der Waals surface area (Å²) in [7, 11) is 0. The second-order valence-corrected chi connectivity index (χ2v) is 5.45. The van der Waals surface area contributed by atoms with E-state index in [1.54, 1.807) is 12.1 Å². The minimum atomic E-state index is -0.466. The maximum Gasteiger partial charge on any atom is 0.292 e. The van der Waals surface area contributed by atoms with Crippen molar-refractivity contribution < 1.29 is 4.92 Å². The summed E-state index contributed by atoms with van der Waals surface area (Å²) in [5.41, 5.74) is 6.64. The van der Waals surface area contributed by atoms with E-state index in [0.717, 1.165) is 12.2 Å². The number of anilines is 2. The first-order valence-corrected chi connectivity index (χ1v) is 6.61. The molecule has 1 aromatic rings. The molecule has 3 N–H and O–H groups in total. The fourth-order valence-electron chi connectivity index (χ4n) is 1.87. The summed E-state index contributed by atoms with van der Waals surface area (Å²) in [6.45, 7) is 0.891. The van der Waals surface area contributed by atoms with E-state index in [1.165, 1.54) is 24.7 Å². The second-order valence-electron chi connectivity index (χ2n) is 4.05. The van der Waals surface area contributed by atoms with Gasteiger partial charge < -0.3 is 11.1 Å². The lowest BCUT2D eigenvalue weighted by Gasteiger charge is -2.11. The van der Waals surface area contributed by atoms with Crippen molar-refractivity contribution in [1.29, 1.82) is 0 Å². The van der Waals surface area contributed by atoms with E-state index in [2.05, 4.69) is 5.32 Å². The van der Waals surface area contributed by atoms with Crippen LogP contribution in [0.4, 0.5) is 17.1 Å². The van der Waals surface area contributed by atoms with Crippen molar-refractivity contribution in [3.8, 4) is 0 Å². The molecule has 17 heavy (non-hydrogen) atoms. The number of nitro benzene ring substituents is 1. The van der Waals surface area contributed by atoms with Gasteiger partial charge in [0.05, 0.1) is 4.92 Å². The molecule has 1 aliphatic rings. The fourth-order valence-corrected chi connectivity index (χ4v) is 3.07. The highest BCUT2D eigenvalue weighted by Gasteiger charge is 2.16. The fraction of sp³-hybridized carbons (Fsp3) is 0.455. The SMILES string of the molecule is Nc1cc(NCC2CCCS2)ccc1[N+](=O)[O-]. The summed E-state index contributed by atoms with van der Waals surface area (Å²) in [5.74, 6) is 1.23. The lowest BCUT2D eigenvalue weighted by Crippen LogP contribution is -2.13. The van der Waals surface area contributed by atoms with Crippen molar-refractivity contribution in [3.05, 3.63) is 28.3 Å². The quantitative estimate of drug-likeness (QED) is 0.489. The molecule has 0 spiro atoms. The van der Waals surface area contributed by atoms with Gasteiger partial charge in [0.1, 0.15) is 5.69 Å². The van der Waals surface area contributed by atoms with Crippen molar-refractivity contribution in [2.45, 2.75) is 18.1 Å². The second kappa shape index (κ2) is 5.27. The van der Waals surface area contributed by atoms with Crippen LogP contribution in [-0.2, 0) is 0 Å². The highest BCUT2D eigenvalue weighted by atomic mass is 32.2. The Labute approximate surface area is 104 Å². The van der Waals surface area contributed by atoms with Crippen LogP contribution in [0.25, 0.3) is 0 Å². The van der Waals surface area contributed by atoms with Gasteiger partial charge in [-0.3, -0.25) is 10.1 Å². The largest absolute Gasteiger partial charge is 0.393 e. The van der Waals surface area contributed by atoms with Crippen molar-refractivity contribution >= 4 is 28.8 Å². The topological polar surface area (TPSA) is 81.2 Å². The van der Waals surface area contributed by atoms with Crippen LogP contribution in [0.15, 0.2) is 18.2 Å². The van der Waals surface area contributed by atoms with E-state index in [0.29, 0.717) is 5.25 Å². The van der Waals surface area contributed by atoms with Crippen LogP contribution in [-0.4, -0.2) is 22.5 Å². The summed E-state index contributed by atoms with van der Waals surface area (Å²) in [6, 6.07) is 4.77. The Kier molecular flexibility index (Phi) is 3.73. The molecule has 1 atom stereocenters. The van der Waals surface area contributed by atoms with Crippen molar-refractivity contribution in [3.63, 3.8) is 0 Å². The first-order chi connectivity index (χ1) is 8.16. The standard InChI is InChI=1S/C11H15N3O2S/c12-10-6-8(3-4-11(10)14(15)16)13-7-9-2-1-5-17-9/h3-4,6,9,13H,1-2,5,7,12H2. The molecule has 0 saturated carbocycles. The van der Waals surface area contributed by atoms with Gasteiger partial charge in [-0.15, -0.1) is 0 Å². The average Bonchev–Trinajstić information content (AvgIpc) is 2.78. The van der Waals surface area contributed by atoms with Gasteiger partial charge in [-0.05, 0) is 30.7 Å². The third-order valence-corrected chi connectivity index (χ3v) is 4.18. The number of nitro groups is 1. The lowest BCUT2D eigenvalue weighted by molar-refractivity contribution is -0.383. The third-order valence-electron chi connectivity index (χ3n) is 2.78. The predicted molar refractivity (Wildman–Crippen MR) is 71.5 cm³/mol. The van der Waals surface area contributed by atoms with Crippen LogP contribution in [0.2, 0.25) is 0 Å². The van der Waals surface area contributed by atoms with E-state index in [4.69, 9.17) is 5.73 Å². The van der Waals surface area contributed by atoms with E-state index < -0.39 is 4.92 Å². The van der Waals surface area contributed by atoms with Gasteiger partial charge in [0.2, 0.25) is 0 Å². The lowest BCUT2D eigenvalue weighted by atomic mass is 10.2. The highest BCUT2D eigenvalue weighted by molar-refractivity contribution is 8.00. The molecular formula is C11H15N3O2S. The molecule has 92 valence electrons. The van der Waals surface area contributed by atoms with Crippen molar-refractivity contribution in [2.75, 3.05) is 23.3 Å². The van der Waals surface area contributed by atoms with Gasteiger partial charge in [-0.25, -0.2) is 0 Å². The summed E-state index contributed by atoms with van der Waals surface area (Å²) < 4.78 is 0. The molecule has 0 bridgehead atoms. The number of nitrogens with two attached hydrogens (primary N) is 1. The van der Waals surface area contributed by atoms with Gasteiger partial charge in [0.15, 0.2) is 0 Å². The Bertz CT molecular complexity index is 419. The molecule has 5 nitrogen and oxygen atoms in total. The zero-order valence-electron chi connectivity index (χ0n) is 9.39. The Balaban J connectivity index is 1.97. The van der Waals surface area contributed by atoms with E-state index >= 15 is 0 Å². The molecule has 1 heterocycles. The number of benzene rings is 1. The van der Waals surface area contributed by atoms with Crippen LogP contribution in [0, 0.1) is 10.1 Å². The summed E-state index contributed by atoms with van der Waals surface area (Å²) in [6.07, 6.45) is 2.51. The Morgan fingerprint density at radius 1 is 1.59 bits per heavy atom. The number of thioether (sulfide) groups is 1. The average molecular weight is 253 g/mol. The molecule has 0 radical (unpaired) electrons. The molecule has 0 aliphatic carbocycles. The van der Waals surface area contributed by atoms with Gasteiger partial charge in [0.25, 0.3) is 5.69 Å². The Hall–Kier alpha value is -1.43. The normalized spacial score (nSPS) is 19.2. The number of hydrogen-bond donors (Lipinski definition) is 2. The van der Waals surface area contributed by atoms with E-state index in [-0.39, 0.29) is 11.4 Å². The smallest absolute Gasteiger partial charge is 0.292 e. The van der Waals surface area contributed by atoms with Crippen molar-refractivity contribution in [1.82, 2.24) is 0 Å². The number of nitrogen functional groups attached to an aromatic ring is 1. The minimum Gasteiger partial charge on any atom is -0.393 e. The van der Waals surface area contributed by atoms with Gasteiger partial charge in [0, 0.05) is 23.5 Å². The monoisotopic (exact) mass is 253 g/mol. The molecule has 1 fully saturated rings. The zero-order valence-corrected chi connectivity index (χ0v) is 10.2. The number of rotatable bonds is 4. The molecule has 1 aliphatic heterocycles. The van der Waals surface area contributed by atoms with Crippen LogP contribution >= 0.6 is 11.8 Å². The zero-order chi connectivity index (χ0) is 12.3. The van der Waals surface area contributed by atoms with Crippen LogP contribution in [0.5, 0.6) is 0 Å². The van der Waals surface area contributed by atoms with Crippen LogP contribution < -0.4 is 11.1 Å².